The van der Waals surface area contributed by atoms with Crippen LogP contribution < -0.4 is 4.90 Å². The molecule has 0 aromatic carbocycles. The van der Waals surface area contributed by atoms with Crippen LogP contribution in [0.1, 0.15) is 20.3 Å². The second kappa shape index (κ2) is 4.15. The van der Waals surface area contributed by atoms with Crippen molar-refractivity contribution >= 4 is 11.8 Å². The lowest BCUT2D eigenvalue weighted by atomic mass is 9.91. The van der Waals surface area contributed by atoms with Crippen LogP contribution in [0.5, 0.6) is 0 Å². The summed E-state index contributed by atoms with van der Waals surface area (Å²) < 4.78 is 4.81. The fourth-order valence-electron chi connectivity index (χ4n) is 2.53. The Labute approximate surface area is 94.0 Å². The Bertz CT molecular complexity index is 361. The number of aliphatic carboxylic acids is 1. The van der Waals surface area contributed by atoms with E-state index in [2.05, 4.69) is 5.16 Å². The molecule has 1 aliphatic heterocycles. The number of anilines is 1. The van der Waals surface area contributed by atoms with E-state index < -0.39 is 5.97 Å². The average molecular weight is 224 g/mol. The molecule has 0 saturated carbocycles. The van der Waals surface area contributed by atoms with Crippen LogP contribution in [0.2, 0.25) is 0 Å². The van der Waals surface area contributed by atoms with E-state index in [0.717, 1.165) is 12.4 Å². The molecule has 1 aromatic rings. The first-order chi connectivity index (χ1) is 7.61. The van der Waals surface area contributed by atoms with Crippen molar-refractivity contribution in [3.05, 3.63) is 12.3 Å². The molecular weight excluding hydrogens is 208 g/mol. The molecule has 5 heteroatoms. The van der Waals surface area contributed by atoms with E-state index in [1.165, 1.54) is 6.26 Å². The van der Waals surface area contributed by atoms with Crippen LogP contribution >= 0.6 is 0 Å². The summed E-state index contributed by atoms with van der Waals surface area (Å²) in [5, 5.41) is 13.1. The standard InChI is InChI=1S/C11H16N2O3/c1-7(2)10-8(11(14)15)3-5-13(10)9-4-6-16-12-9/h4,6-8,10H,3,5H2,1-2H3,(H,14,15)/t8-,10+/m0/s1. The number of hydrogen-bond acceptors (Lipinski definition) is 4. The lowest BCUT2D eigenvalue weighted by molar-refractivity contribution is -0.142. The quantitative estimate of drug-likeness (QED) is 0.844. The Morgan fingerprint density at radius 3 is 2.94 bits per heavy atom. The molecule has 1 N–H and O–H groups in total. The van der Waals surface area contributed by atoms with Crippen LogP contribution in [0.3, 0.4) is 0 Å². The minimum absolute atomic E-state index is 0.00241. The van der Waals surface area contributed by atoms with E-state index >= 15 is 0 Å². The summed E-state index contributed by atoms with van der Waals surface area (Å²) in [4.78, 5) is 13.2. The highest BCUT2D eigenvalue weighted by molar-refractivity contribution is 5.73. The summed E-state index contributed by atoms with van der Waals surface area (Å²) in [6.07, 6.45) is 2.19. The number of carboxylic acid groups (broad SMARTS) is 1. The zero-order valence-corrected chi connectivity index (χ0v) is 9.46. The summed E-state index contributed by atoms with van der Waals surface area (Å²) in [5.41, 5.74) is 0. The zero-order valence-electron chi connectivity index (χ0n) is 9.46. The Morgan fingerprint density at radius 1 is 1.69 bits per heavy atom. The van der Waals surface area contributed by atoms with Crippen molar-refractivity contribution in [2.75, 3.05) is 11.4 Å². The van der Waals surface area contributed by atoms with Crippen molar-refractivity contribution in [2.24, 2.45) is 11.8 Å². The maximum atomic E-state index is 11.2. The number of hydrogen-bond donors (Lipinski definition) is 1. The molecule has 0 radical (unpaired) electrons. The molecule has 1 fully saturated rings. The van der Waals surface area contributed by atoms with Gasteiger partial charge in [0.1, 0.15) is 6.26 Å². The van der Waals surface area contributed by atoms with E-state index in [-0.39, 0.29) is 17.9 Å². The first-order valence-electron chi connectivity index (χ1n) is 5.51. The van der Waals surface area contributed by atoms with E-state index in [1.54, 1.807) is 6.07 Å². The van der Waals surface area contributed by atoms with Crippen molar-refractivity contribution in [2.45, 2.75) is 26.3 Å². The average Bonchev–Trinajstić information content (AvgIpc) is 2.85. The predicted octanol–water partition coefficient (Wildman–Crippen LogP) is 1.61. The summed E-state index contributed by atoms with van der Waals surface area (Å²) in [6, 6.07) is 1.78. The Balaban J connectivity index is 2.24. The third-order valence-corrected chi connectivity index (χ3v) is 3.17. The largest absolute Gasteiger partial charge is 0.481 e. The maximum Gasteiger partial charge on any atom is 0.308 e. The lowest BCUT2D eigenvalue weighted by Gasteiger charge is -2.29. The molecule has 1 aromatic heterocycles. The molecule has 5 nitrogen and oxygen atoms in total. The van der Waals surface area contributed by atoms with Gasteiger partial charge in [0.25, 0.3) is 0 Å². The fraction of sp³-hybridized carbons (Fsp3) is 0.636. The van der Waals surface area contributed by atoms with Gasteiger partial charge in [-0.25, -0.2) is 0 Å². The van der Waals surface area contributed by atoms with Gasteiger partial charge in [0.05, 0.1) is 5.92 Å². The summed E-state index contributed by atoms with van der Waals surface area (Å²) in [5.74, 6) is -0.0101. The molecule has 0 aliphatic carbocycles. The van der Waals surface area contributed by atoms with Crippen LogP contribution in [-0.4, -0.2) is 28.8 Å². The van der Waals surface area contributed by atoms with Gasteiger partial charge in [0, 0.05) is 18.7 Å². The highest BCUT2D eigenvalue weighted by Gasteiger charge is 2.41. The third kappa shape index (κ3) is 1.77. The number of rotatable bonds is 3. The van der Waals surface area contributed by atoms with Crippen LogP contribution in [0.25, 0.3) is 0 Å². The number of aromatic nitrogens is 1. The van der Waals surface area contributed by atoms with E-state index in [9.17, 15) is 9.90 Å². The second-order valence-corrected chi connectivity index (χ2v) is 4.52. The van der Waals surface area contributed by atoms with Crippen LogP contribution in [0.15, 0.2) is 16.9 Å². The van der Waals surface area contributed by atoms with Gasteiger partial charge in [-0.2, -0.15) is 0 Å². The Kier molecular flexibility index (Phi) is 2.85. The molecule has 16 heavy (non-hydrogen) atoms. The molecule has 2 heterocycles. The zero-order chi connectivity index (χ0) is 11.7. The molecule has 1 aliphatic rings. The molecule has 0 bridgehead atoms. The molecule has 1 saturated heterocycles. The topological polar surface area (TPSA) is 66.6 Å². The summed E-state index contributed by atoms with van der Waals surface area (Å²) >= 11 is 0. The second-order valence-electron chi connectivity index (χ2n) is 4.52. The predicted molar refractivity (Wildman–Crippen MR) is 58.2 cm³/mol. The molecule has 0 unspecified atom stereocenters. The van der Waals surface area contributed by atoms with Gasteiger partial charge in [0.2, 0.25) is 0 Å². The first-order valence-corrected chi connectivity index (χ1v) is 5.51. The lowest BCUT2D eigenvalue weighted by Crippen LogP contribution is -2.39. The molecule has 0 amide bonds. The van der Waals surface area contributed by atoms with Crippen molar-refractivity contribution in [1.29, 1.82) is 0 Å². The van der Waals surface area contributed by atoms with Crippen molar-refractivity contribution in [3.63, 3.8) is 0 Å². The molecule has 88 valence electrons. The first kappa shape index (κ1) is 11.0. The van der Waals surface area contributed by atoms with E-state index in [4.69, 9.17) is 4.52 Å². The molecule has 2 rings (SSSR count). The van der Waals surface area contributed by atoms with Crippen molar-refractivity contribution < 1.29 is 14.4 Å². The molecule has 0 spiro atoms. The van der Waals surface area contributed by atoms with E-state index in [1.807, 2.05) is 18.7 Å². The van der Waals surface area contributed by atoms with Gasteiger partial charge >= 0.3 is 5.97 Å². The monoisotopic (exact) mass is 224 g/mol. The molecular formula is C11H16N2O3. The Hall–Kier alpha value is -1.52. The van der Waals surface area contributed by atoms with Crippen LogP contribution in [0, 0.1) is 11.8 Å². The highest BCUT2D eigenvalue weighted by Crippen LogP contribution is 2.33. The summed E-state index contributed by atoms with van der Waals surface area (Å²) in [6.45, 7) is 4.81. The normalized spacial score (nSPS) is 25.3. The molecule has 2 atom stereocenters. The van der Waals surface area contributed by atoms with E-state index in [0.29, 0.717) is 6.42 Å². The van der Waals surface area contributed by atoms with Gasteiger partial charge < -0.3 is 14.5 Å². The SMILES string of the molecule is CC(C)[C@@H]1[C@@H](C(=O)O)CCN1c1ccon1. The fourth-order valence-corrected chi connectivity index (χ4v) is 2.53. The number of carboxylic acids is 1. The Morgan fingerprint density at radius 2 is 2.44 bits per heavy atom. The number of nitrogens with zero attached hydrogens (tertiary/aromatic N) is 2. The maximum absolute atomic E-state index is 11.2. The smallest absolute Gasteiger partial charge is 0.308 e. The minimum atomic E-state index is -0.718. The van der Waals surface area contributed by atoms with Crippen molar-refractivity contribution in [3.8, 4) is 0 Å². The minimum Gasteiger partial charge on any atom is -0.481 e. The van der Waals surface area contributed by atoms with Crippen molar-refractivity contribution in [1.82, 2.24) is 5.16 Å². The summed E-state index contributed by atoms with van der Waals surface area (Å²) in [7, 11) is 0. The van der Waals surface area contributed by atoms with Gasteiger partial charge in [-0.3, -0.25) is 4.79 Å². The van der Waals surface area contributed by atoms with Gasteiger partial charge in [-0.15, -0.1) is 0 Å². The van der Waals surface area contributed by atoms with Gasteiger partial charge in [0.15, 0.2) is 5.82 Å². The number of carbonyl (C=O) groups is 1. The van der Waals surface area contributed by atoms with Gasteiger partial charge in [-0.1, -0.05) is 19.0 Å². The van der Waals surface area contributed by atoms with Crippen LogP contribution in [-0.2, 0) is 4.79 Å². The van der Waals surface area contributed by atoms with Crippen LogP contribution in [0.4, 0.5) is 5.82 Å². The highest BCUT2D eigenvalue weighted by atomic mass is 16.5. The third-order valence-electron chi connectivity index (χ3n) is 3.17. The van der Waals surface area contributed by atoms with Gasteiger partial charge in [-0.05, 0) is 12.3 Å².